The fourth-order valence-electron chi connectivity index (χ4n) is 2.70. The van der Waals surface area contributed by atoms with Crippen LogP contribution in [0, 0.1) is 19.7 Å². The van der Waals surface area contributed by atoms with E-state index < -0.39 is 5.82 Å². The Morgan fingerprint density at radius 1 is 1.08 bits per heavy atom. The van der Waals surface area contributed by atoms with Gasteiger partial charge in [0.1, 0.15) is 5.82 Å². The number of carbonyl (C=O) groups is 1. The van der Waals surface area contributed by atoms with Gasteiger partial charge >= 0.3 is 0 Å². The molecule has 0 bridgehead atoms. The number of nitrogens with one attached hydrogen (secondary N) is 1. The molecule has 0 aliphatic carbocycles. The van der Waals surface area contributed by atoms with Crippen molar-refractivity contribution in [1.82, 2.24) is 0 Å². The molecule has 126 valence electrons. The molecule has 0 unspecified atom stereocenters. The third-order valence-electron chi connectivity index (χ3n) is 4.34. The van der Waals surface area contributed by atoms with Gasteiger partial charge in [0.05, 0.1) is 18.9 Å². The van der Waals surface area contributed by atoms with E-state index in [2.05, 4.69) is 10.2 Å². The molecular formula is C19H21FN2O2. The highest BCUT2D eigenvalue weighted by atomic mass is 19.1. The van der Waals surface area contributed by atoms with Crippen LogP contribution < -0.4 is 10.2 Å². The molecule has 2 aromatic carbocycles. The van der Waals surface area contributed by atoms with Crippen LogP contribution in [0.5, 0.6) is 0 Å². The van der Waals surface area contributed by atoms with Gasteiger partial charge in [0.15, 0.2) is 0 Å². The van der Waals surface area contributed by atoms with Gasteiger partial charge in [-0.25, -0.2) is 4.39 Å². The molecule has 1 saturated heterocycles. The van der Waals surface area contributed by atoms with Crippen LogP contribution >= 0.6 is 0 Å². The Kier molecular flexibility index (Phi) is 4.81. The highest BCUT2D eigenvalue weighted by Crippen LogP contribution is 2.24. The summed E-state index contributed by atoms with van der Waals surface area (Å²) >= 11 is 0. The number of ether oxygens (including phenoxy) is 1. The van der Waals surface area contributed by atoms with Gasteiger partial charge in [0, 0.05) is 24.3 Å². The molecular weight excluding hydrogens is 307 g/mol. The lowest BCUT2D eigenvalue weighted by atomic mass is 10.1. The molecule has 1 aliphatic rings. The molecule has 3 rings (SSSR count). The predicted octanol–water partition coefficient (Wildman–Crippen LogP) is 3.53. The SMILES string of the molecule is Cc1ccc(C(=O)Nc2cc(N3CCOCC3)ccc2F)cc1C. The Morgan fingerprint density at radius 3 is 2.54 bits per heavy atom. The van der Waals surface area contributed by atoms with Crippen molar-refractivity contribution in [1.29, 1.82) is 0 Å². The third kappa shape index (κ3) is 3.57. The number of anilines is 2. The van der Waals surface area contributed by atoms with Crippen LogP contribution in [0.3, 0.4) is 0 Å². The zero-order valence-corrected chi connectivity index (χ0v) is 13.9. The molecule has 2 aromatic rings. The Morgan fingerprint density at radius 2 is 1.83 bits per heavy atom. The summed E-state index contributed by atoms with van der Waals surface area (Å²) in [6.45, 7) is 6.77. The fourth-order valence-corrected chi connectivity index (χ4v) is 2.70. The van der Waals surface area contributed by atoms with Gasteiger partial charge in [-0.2, -0.15) is 0 Å². The molecule has 1 heterocycles. The van der Waals surface area contributed by atoms with E-state index in [1.807, 2.05) is 26.0 Å². The smallest absolute Gasteiger partial charge is 0.255 e. The fraction of sp³-hybridized carbons (Fsp3) is 0.316. The number of halogens is 1. The molecule has 1 amide bonds. The van der Waals surface area contributed by atoms with Crippen LogP contribution in [0.2, 0.25) is 0 Å². The van der Waals surface area contributed by atoms with Crippen LogP contribution in [-0.4, -0.2) is 32.2 Å². The van der Waals surface area contributed by atoms with Crippen LogP contribution in [0.15, 0.2) is 36.4 Å². The van der Waals surface area contributed by atoms with Gasteiger partial charge in [-0.05, 0) is 55.3 Å². The maximum atomic E-state index is 14.1. The number of benzene rings is 2. The summed E-state index contributed by atoms with van der Waals surface area (Å²) in [5.74, 6) is -0.750. The second-order valence-corrected chi connectivity index (χ2v) is 6.02. The van der Waals surface area contributed by atoms with Crippen molar-refractivity contribution in [2.45, 2.75) is 13.8 Å². The Balaban J connectivity index is 1.80. The van der Waals surface area contributed by atoms with Crippen LogP contribution in [0.25, 0.3) is 0 Å². The van der Waals surface area contributed by atoms with E-state index in [0.29, 0.717) is 18.8 Å². The van der Waals surface area contributed by atoms with Crippen molar-refractivity contribution >= 4 is 17.3 Å². The Hall–Kier alpha value is -2.40. The van der Waals surface area contributed by atoms with Crippen molar-refractivity contribution in [3.8, 4) is 0 Å². The zero-order chi connectivity index (χ0) is 17.1. The summed E-state index contributed by atoms with van der Waals surface area (Å²) < 4.78 is 19.4. The van der Waals surface area contributed by atoms with Crippen molar-refractivity contribution in [2.75, 3.05) is 36.5 Å². The summed E-state index contributed by atoms with van der Waals surface area (Å²) in [4.78, 5) is 14.5. The summed E-state index contributed by atoms with van der Waals surface area (Å²) in [6.07, 6.45) is 0. The van der Waals surface area contributed by atoms with E-state index in [4.69, 9.17) is 4.74 Å². The van der Waals surface area contributed by atoms with E-state index in [0.717, 1.165) is 29.9 Å². The second-order valence-electron chi connectivity index (χ2n) is 6.02. The number of aryl methyl sites for hydroxylation is 2. The van der Waals surface area contributed by atoms with Gasteiger partial charge in [0.25, 0.3) is 5.91 Å². The number of amides is 1. The van der Waals surface area contributed by atoms with E-state index in [1.54, 1.807) is 18.2 Å². The van der Waals surface area contributed by atoms with Crippen molar-refractivity contribution in [3.63, 3.8) is 0 Å². The van der Waals surface area contributed by atoms with Gasteiger partial charge in [0.2, 0.25) is 0 Å². The number of hydrogen-bond acceptors (Lipinski definition) is 3. The largest absolute Gasteiger partial charge is 0.378 e. The molecule has 24 heavy (non-hydrogen) atoms. The van der Waals surface area contributed by atoms with E-state index in [1.165, 1.54) is 6.07 Å². The van der Waals surface area contributed by atoms with Crippen molar-refractivity contribution in [2.24, 2.45) is 0 Å². The molecule has 0 saturated carbocycles. The maximum Gasteiger partial charge on any atom is 0.255 e. The molecule has 5 heteroatoms. The molecule has 0 spiro atoms. The Labute approximate surface area is 141 Å². The first-order valence-electron chi connectivity index (χ1n) is 8.05. The first-order valence-corrected chi connectivity index (χ1v) is 8.05. The Bertz CT molecular complexity index is 755. The molecule has 0 aromatic heterocycles. The lowest BCUT2D eigenvalue weighted by Crippen LogP contribution is -2.36. The van der Waals surface area contributed by atoms with Crippen LogP contribution in [0.1, 0.15) is 21.5 Å². The topological polar surface area (TPSA) is 41.6 Å². The first kappa shape index (κ1) is 16.5. The average molecular weight is 328 g/mol. The van der Waals surface area contributed by atoms with E-state index in [9.17, 15) is 9.18 Å². The highest BCUT2D eigenvalue weighted by Gasteiger charge is 2.15. The summed E-state index contributed by atoms with van der Waals surface area (Å²) in [7, 11) is 0. The quantitative estimate of drug-likeness (QED) is 0.937. The van der Waals surface area contributed by atoms with Crippen molar-refractivity contribution < 1.29 is 13.9 Å². The molecule has 1 N–H and O–H groups in total. The summed E-state index contributed by atoms with van der Waals surface area (Å²) in [6, 6.07) is 10.3. The lowest BCUT2D eigenvalue weighted by molar-refractivity contribution is 0.102. The molecule has 0 atom stereocenters. The third-order valence-corrected chi connectivity index (χ3v) is 4.34. The monoisotopic (exact) mass is 328 g/mol. The van der Waals surface area contributed by atoms with Crippen LogP contribution in [-0.2, 0) is 4.74 Å². The molecule has 0 radical (unpaired) electrons. The highest BCUT2D eigenvalue weighted by molar-refractivity contribution is 6.04. The number of carbonyl (C=O) groups excluding carboxylic acids is 1. The number of hydrogen-bond donors (Lipinski definition) is 1. The molecule has 1 aliphatic heterocycles. The number of rotatable bonds is 3. The number of morpholine rings is 1. The lowest BCUT2D eigenvalue weighted by Gasteiger charge is -2.29. The molecule has 4 nitrogen and oxygen atoms in total. The number of nitrogens with zero attached hydrogens (tertiary/aromatic N) is 1. The first-order chi connectivity index (χ1) is 11.5. The van der Waals surface area contributed by atoms with E-state index in [-0.39, 0.29) is 11.6 Å². The van der Waals surface area contributed by atoms with Gasteiger partial charge < -0.3 is 15.0 Å². The average Bonchev–Trinajstić information content (AvgIpc) is 2.60. The minimum Gasteiger partial charge on any atom is -0.378 e. The molecule has 1 fully saturated rings. The van der Waals surface area contributed by atoms with Crippen molar-refractivity contribution in [3.05, 3.63) is 58.9 Å². The predicted molar refractivity (Wildman–Crippen MR) is 93.3 cm³/mol. The second kappa shape index (κ2) is 7.01. The minimum absolute atomic E-state index is 0.196. The summed E-state index contributed by atoms with van der Waals surface area (Å²) in [5.41, 5.74) is 3.75. The zero-order valence-electron chi connectivity index (χ0n) is 13.9. The van der Waals surface area contributed by atoms with Gasteiger partial charge in [-0.3, -0.25) is 4.79 Å². The van der Waals surface area contributed by atoms with Gasteiger partial charge in [-0.1, -0.05) is 6.07 Å². The standard InChI is InChI=1S/C19H21FN2O2/c1-13-3-4-15(11-14(13)2)19(23)21-18-12-16(5-6-17(18)20)22-7-9-24-10-8-22/h3-6,11-12H,7-10H2,1-2H3,(H,21,23). The summed E-state index contributed by atoms with van der Waals surface area (Å²) in [5, 5.41) is 2.68. The van der Waals surface area contributed by atoms with E-state index >= 15 is 0 Å². The van der Waals surface area contributed by atoms with Crippen LogP contribution in [0.4, 0.5) is 15.8 Å². The van der Waals surface area contributed by atoms with Gasteiger partial charge in [-0.15, -0.1) is 0 Å². The minimum atomic E-state index is -0.441. The maximum absolute atomic E-state index is 14.1. The normalized spacial score (nSPS) is 14.5.